The molecule has 1 aromatic heterocycles. The van der Waals surface area contributed by atoms with Gasteiger partial charge < -0.3 is 10.6 Å². The second kappa shape index (κ2) is 11.2. The molecule has 4 rings (SSSR count). The summed E-state index contributed by atoms with van der Waals surface area (Å²) in [5, 5.41) is 15.2. The van der Waals surface area contributed by atoms with Gasteiger partial charge in [-0.05, 0) is 55.7 Å². The molecule has 0 aliphatic rings. The number of nitrogens with zero attached hydrogens (tertiary/aromatic N) is 2. The van der Waals surface area contributed by atoms with Crippen LogP contribution in [0.2, 0.25) is 0 Å². The van der Waals surface area contributed by atoms with E-state index in [-0.39, 0.29) is 11.2 Å². The zero-order valence-corrected chi connectivity index (χ0v) is 20.4. The second-order valence-electron chi connectivity index (χ2n) is 8.56. The van der Waals surface area contributed by atoms with E-state index < -0.39 is 6.03 Å². The van der Waals surface area contributed by atoms with Crippen molar-refractivity contribution in [3.05, 3.63) is 112 Å². The number of carbonyl (C=O) groups is 1. The van der Waals surface area contributed by atoms with Gasteiger partial charge in [-0.15, -0.1) is 0 Å². The minimum atomic E-state index is -0.489. The summed E-state index contributed by atoms with van der Waals surface area (Å²) in [6.45, 7) is 3.94. The van der Waals surface area contributed by atoms with E-state index in [1.165, 1.54) is 0 Å². The van der Waals surface area contributed by atoms with Crippen molar-refractivity contribution >= 4 is 17.4 Å². The van der Waals surface area contributed by atoms with Gasteiger partial charge in [0.05, 0.1) is 17.3 Å². The fourth-order valence-corrected chi connectivity index (χ4v) is 4.26. The van der Waals surface area contributed by atoms with Crippen LogP contribution < -0.4 is 16.2 Å². The van der Waals surface area contributed by atoms with Crippen LogP contribution in [-0.2, 0) is 6.42 Å². The Kier molecular flexibility index (Phi) is 7.62. The molecule has 0 unspecified atom stereocenters. The molecule has 0 atom stereocenters. The molecule has 6 heteroatoms. The molecule has 0 fully saturated rings. The minimum absolute atomic E-state index is 0.215. The number of aromatic nitrogens is 1. The average Bonchev–Trinajstić information content (AvgIpc) is 2.90. The third-order valence-corrected chi connectivity index (χ3v) is 6.02. The van der Waals surface area contributed by atoms with Crippen LogP contribution >= 0.6 is 0 Å². The fourth-order valence-electron chi connectivity index (χ4n) is 4.26. The number of hydrogen-bond acceptors (Lipinski definition) is 3. The number of anilines is 2. The molecule has 180 valence electrons. The highest BCUT2D eigenvalue weighted by Gasteiger charge is 2.19. The molecule has 6 nitrogen and oxygen atoms in total. The van der Waals surface area contributed by atoms with Crippen molar-refractivity contribution in [2.24, 2.45) is 0 Å². The summed E-state index contributed by atoms with van der Waals surface area (Å²) in [5.41, 5.74) is 4.81. The van der Waals surface area contributed by atoms with E-state index in [1.54, 1.807) is 22.8 Å². The van der Waals surface area contributed by atoms with Gasteiger partial charge in [-0.25, -0.2) is 4.79 Å². The number of amides is 2. The molecule has 0 bridgehead atoms. The smallest absolute Gasteiger partial charge is 0.308 e. The van der Waals surface area contributed by atoms with Crippen LogP contribution in [0.4, 0.5) is 16.2 Å². The lowest BCUT2D eigenvalue weighted by atomic mass is 9.98. The lowest BCUT2D eigenvalue weighted by Crippen LogP contribution is -2.30. The number of carbonyl (C=O) groups excluding carboxylic acids is 1. The van der Waals surface area contributed by atoms with Crippen molar-refractivity contribution < 1.29 is 4.79 Å². The molecule has 0 aliphatic heterocycles. The molecule has 0 spiro atoms. The van der Waals surface area contributed by atoms with Crippen LogP contribution in [-0.4, -0.2) is 10.6 Å². The van der Waals surface area contributed by atoms with Crippen LogP contribution in [0.15, 0.2) is 89.7 Å². The highest BCUT2D eigenvalue weighted by molar-refractivity contribution is 6.00. The number of hydrogen-bond donors (Lipinski definition) is 2. The van der Waals surface area contributed by atoms with Crippen molar-refractivity contribution in [2.45, 2.75) is 33.1 Å². The predicted molar refractivity (Wildman–Crippen MR) is 145 cm³/mol. The van der Waals surface area contributed by atoms with Crippen molar-refractivity contribution in [1.29, 1.82) is 5.26 Å². The van der Waals surface area contributed by atoms with Gasteiger partial charge in [0, 0.05) is 22.5 Å². The van der Waals surface area contributed by atoms with Gasteiger partial charge in [0.15, 0.2) is 0 Å². The molecular weight excluding hydrogens is 448 g/mol. The van der Waals surface area contributed by atoms with E-state index in [0.29, 0.717) is 28.9 Å². The molecule has 2 amide bonds. The Hall–Kier alpha value is -4.63. The Bertz CT molecular complexity index is 1480. The maximum Gasteiger partial charge on any atom is 0.323 e. The molecule has 2 N–H and O–H groups in total. The van der Waals surface area contributed by atoms with Gasteiger partial charge in [0.25, 0.3) is 5.56 Å². The number of para-hydroxylation sites is 2. The Labute approximate surface area is 210 Å². The predicted octanol–water partition coefficient (Wildman–Crippen LogP) is 6.67. The first-order valence-electron chi connectivity index (χ1n) is 12.0. The summed E-state index contributed by atoms with van der Waals surface area (Å²) in [5.74, 6) is 0. The molecular formula is C30H28N4O2. The van der Waals surface area contributed by atoms with Crippen LogP contribution in [0.25, 0.3) is 16.8 Å². The third kappa shape index (κ3) is 5.21. The van der Waals surface area contributed by atoms with Gasteiger partial charge in [-0.3, -0.25) is 9.36 Å². The minimum Gasteiger partial charge on any atom is -0.308 e. The molecule has 3 aromatic carbocycles. The Morgan fingerprint density at radius 1 is 0.917 bits per heavy atom. The zero-order valence-electron chi connectivity index (χ0n) is 20.4. The van der Waals surface area contributed by atoms with Crippen molar-refractivity contribution in [3.8, 4) is 22.9 Å². The standard InChI is InChI=1S/C30H28N4O2/c1-3-4-15-24-19-21(2)28(33-30(36)32-23-13-6-5-7-14-23)29(35)34(24)27-18-11-10-17-26(27)25-16-9-8-12-22(25)20-31/h5-14,16-19H,3-4,15H2,1-2H3,(H2,32,33,36). The van der Waals surface area contributed by atoms with Crippen molar-refractivity contribution in [2.75, 3.05) is 10.6 Å². The number of rotatable bonds is 7. The molecule has 0 radical (unpaired) electrons. The maximum atomic E-state index is 14.0. The van der Waals surface area contributed by atoms with Gasteiger partial charge in [0.2, 0.25) is 0 Å². The lowest BCUT2D eigenvalue weighted by Gasteiger charge is -2.20. The first-order chi connectivity index (χ1) is 17.5. The molecule has 0 saturated heterocycles. The largest absolute Gasteiger partial charge is 0.323 e. The SMILES string of the molecule is CCCCc1cc(C)c(NC(=O)Nc2ccccc2)c(=O)n1-c1ccccc1-c1ccccc1C#N. The first kappa shape index (κ1) is 24.5. The number of benzene rings is 3. The van der Waals surface area contributed by atoms with Crippen LogP contribution in [0, 0.1) is 18.3 Å². The monoisotopic (exact) mass is 476 g/mol. The molecule has 1 heterocycles. The summed E-state index contributed by atoms with van der Waals surface area (Å²) in [6, 6.07) is 27.7. The average molecular weight is 477 g/mol. The third-order valence-electron chi connectivity index (χ3n) is 6.02. The zero-order chi connectivity index (χ0) is 25.5. The molecule has 0 saturated carbocycles. The first-order valence-corrected chi connectivity index (χ1v) is 12.0. The van der Waals surface area contributed by atoms with E-state index in [1.807, 2.05) is 73.7 Å². The molecule has 36 heavy (non-hydrogen) atoms. The van der Waals surface area contributed by atoms with E-state index in [2.05, 4.69) is 23.6 Å². The van der Waals surface area contributed by atoms with Crippen molar-refractivity contribution in [1.82, 2.24) is 4.57 Å². The fraction of sp³-hybridized carbons (Fsp3) is 0.167. The number of urea groups is 1. The maximum absolute atomic E-state index is 14.0. The Morgan fingerprint density at radius 3 is 2.31 bits per heavy atom. The normalized spacial score (nSPS) is 10.5. The summed E-state index contributed by atoms with van der Waals surface area (Å²) < 4.78 is 1.67. The quantitative estimate of drug-likeness (QED) is 0.312. The van der Waals surface area contributed by atoms with E-state index in [9.17, 15) is 14.9 Å². The van der Waals surface area contributed by atoms with Crippen LogP contribution in [0.1, 0.15) is 36.6 Å². The topological polar surface area (TPSA) is 86.9 Å². The highest BCUT2D eigenvalue weighted by atomic mass is 16.2. The van der Waals surface area contributed by atoms with Crippen LogP contribution in [0.5, 0.6) is 0 Å². The summed E-state index contributed by atoms with van der Waals surface area (Å²) in [6.07, 6.45) is 2.60. The highest BCUT2D eigenvalue weighted by Crippen LogP contribution is 2.30. The van der Waals surface area contributed by atoms with Gasteiger partial charge in [-0.2, -0.15) is 5.26 Å². The molecule has 4 aromatic rings. The summed E-state index contributed by atoms with van der Waals surface area (Å²) in [4.78, 5) is 26.7. The lowest BCUT2D eigenvalue weighted by molar-refractivity contribution is 0.262. The van der Waals surface area contributed by atoms with Gasteiger partial charge in [0.1, 0.15) is 5.69 Å². The van der Waals surface area contributed by atoms with E-state index >= 15 is 0 Å². The molecule has 0 aliphatic carbocycles. The van der Waals surface area contributed by atoms with Gasteiger partial charge >= 0.3 is 6.03 Å². The second-order valence-corrected chi connectivity index (χ2v) is 8.56. The van der Waals surface area contributed by atoms with Gasteiger partial charge in [-0.1, -0.05) is 67.9 Å². The summed E-state index contributed by atoms with van der Waals surface area (Å²) in [7, 11) is 0. The number of unbranched alkanes of at least 4 members (excludes halogenated alkanes) is 1. The Morgan fingerprint density at radius 2 is 1.58 bits per heavy atom. The van der Waals surface area contributed by atoms with Crippen LogP contribution in [0.3, 0.4) is 0 Å². The number of nitriles is 1. The van der Waals surface area contributed by atoms with E-state index in [4.69, 9.17) is 0 Å². The van der Waals surface area contributed by atoms with Crippen molar-refractivity contribution in [3.63, 3.8) is 0 Å². The number of nitrogens with one attached hydrogen (secondary N) is 2. The summed E-state index contributed by atoms with van der Waals surface area (Å²) >= 11 is 0. The van der Waals surface area contributed by atoms with E-state index in [0.717, 1.165) is 29.7 Å². The Balaban J connectivity index is 1.85. The number of aryl methyl sites for hydroxylation is 2. The number of pyridine rings is 1.